The van der Waals surface area contributed by atoms with Gasteiger partial charge in [-0.25, -0.2) is 4.98 Å². The van der Waals surface area contributed by atoms with Crippen LogP contribution in [0.5, 0.6) is 0 Å². The average molecular weight is 428 g/mol. The first-order valence-electron chi connectivity index (χ1n) is 10.6. The number of nitrogens with one attached hydrogen (secondary N) is 4. The number of H-pyrrole nitrogens is 1. The Bertz CT molecular complexity index is 974. The number of aromatic nitrogens is 4. The maximum Gasteiger partial charge on any atom is 0.229 e. The number of nitrogens with zero attached hydrogens (tertiary/aromatic N) is 3. The SMILES string of the molecule is CC1=CC(C)(C2CCCNC2)C(C)C=C1Nc1ncc(Cl)c(Nc2cc(C)[nH]n2)n1. The fourth-order valence-corrected chi connectivity index (χ4v) is 4.63. The van der Waals surface area contributed by atoms with Crippen LogP contribution in [0.25, 0.3) is 0 Å². The molecule has 0 bridgehead atoms. The Hall–Kier alpha value is -2.38. The van der Waals surface area contributed by atoms with Gasteiger partial charge in [-0.1, -0.05) is 37.6 Å². The lowest BCUT2D eigenvalue weighted by Gasteiger charge is -2.44. The number of anilines is 3. The molecule has 1 aliphatic carbocycles. The second kappa shape index (κ2) is 8.40. The van der Waals surface area contributed by atoms with Gasteiger partial charge >= 0.3 is 0 Å². The average Bonchev–Trinajstić information content (AvgIpc) is 3.14. The standard InChI is InChI=1S/C22H30ClN7/c1-13-10-22(4,16-6-5-7-24-11-16)14(2)8-18(13)26-21-25-12-17(23)20(28-21)27-19-9-15(3)29-30-19/h8-10,12,14,16,24H,5-7,11H2,1-4H3,(H3,25,26,27,28,29,30). The molecule has 3 atom stereocenters. The highest BCUT2D eigenvalue weighted by atomic mass is 35.5. The molecule has 0 saturated carbocycles. The highest BCUT2D eigenvalue weighted by Crippen LogP contribution is 2.45. The molecule has 2 aliphatic rings. The topological polar surface area (TPSA) is 90.6 Å². The molecule has 1 fully saturated rings. The van der Waals surface area contributed by atoms with Gasteiger partial charge in [0, 0.05) is 17.5 Å². The highest BCUT2D eigenvalue weighted by Gasteiger charge is 2.39. The molecule has 3 heterocycles. The van der Waals surface area contributed by atoms with Crippen LogP contribution in [0.15, 0.2) is 35.7 Å². The van der Waals surface area contributed by atoms with Crippen molar-refractivity contribution in [3.8, 4) is 0 Å². The molecule has 0 spiro atoms. The van der Waals surface area contributed by atoms with Crippen LogP contribution in [0.2, 0.25) is 5.02 Å². The number of rotatable bonds is 5. The van der Waals surface area contributed by atoms with Crippen molar-refractivity contribution < 1.29 is 0 Å². The van der Waals surface area contributed by atoms with E-state index in [1.54, 1.807) is 6.20 Å². The smallest absolute Gasteiger partial charge is 0.229 e. The van der Waals surface area contributed by atoms with E-state index in [0.717, 1.165) is 24.5 Å². The molecular weight excluding hydrogens is 398 g/mol. The highest BCUT2D eigenvalue weighted by molar-refractivity contribution is 6.32. The fraction of sp³-hybridized carbons (Fsp3) is 0.500. The van der Waals surface area contributed by atoms with Crippen molar-refractivity contribution in [3.05, 3.63) is 46.4 Å². The molecule has 4 rings (SSSR count). The Kier molecular flexibility index (Phi) is 5.84. The summed E-state index contributed by atoms with van der Waals surface area (Å²) < 4.78 is 0. The van der Waals surface area contributed by atoms with Gasteiger partial charge in [-0.3, -0.25) is 5.10 Å². The number of aryl methyl sites for hydroxylation is 1. The van der Waals surface area contributed by atoms with Gasteiger partial charge in [-0.15, -0.1) is 0 Å². The van der Waals surface area contributed by atoms with Crippen LogP contribution < -0.4 is 16.0 Å². The van der Waals surface area contributed by atoms with Crippen molar-refractivity contribution >= 4 is 29.2 Å². The second-order valence-electron chi connectivity index (χ2n) is 8.68. The van der Waals surface area contributed by atoms with Gasteiger partial charge in [0.2, 0.25) is 5.95 Å². The quantitative estimate of drug-likeness (QED) is 0.547. The summed E-state index contributed by atoms with van der Waals surface area (Å²) in [6.45, 7) is 11.0. The third-order valence-corrected chi connectivity index (χ3v) is 6.75. The minimum absolute atomic E-state index is 0.147. The Morgan fingerprint density at radius 1 is 1.27 bits per heavy atom. The van der Waals surface area contributed by atoms with Crippen molar-refractivity contribution in [2.75, 3.05) is 23.7 Å². The van der Waals surface area contributed by atoms with E-state index in [0.29, 0.717) is 34.4 Å². The van der Waals surface area contributed by atoms with Crippen molar-refractivity contribution in [3.63, 3.8) is 0 Å². The lowest BCUT2D eigenvalue weighted by molar-refractivity contribution is 0.156. The molecule has 30 heavy (non-hydrogen) atoms. The van der Waals surface area contributed by atoms with Crippen LogP contribution in [-0.4, -0.2) is 33.3 Å². The van der Waals surface area contributed by atoms with Crippen LogP contribution in [0.1, 0.15) is 39.3 Å². The number of hydrogen-bond acceptors (Lipinski definition) is 6. The Labute approximate surface area is 182 Å². The molecule has 3 unspecified atom stereocenters. The lowest BCUT2D eigenvalue weighted by atomic mass is 9.63. The third kappa shape index (κ3) is 4.23. The third-order valence-electron chi connectivity index (χ3n) is 6.47. The maximum absolute atomic E-state index is 6.29. The summed E-state index contributed by atoms with van der Waals surface area (Å²) in [5.74, 6) is 2.74. The monoisotopic (exact) mass is 427 g/mol. The van der Waals surface area contributed by atoms with Gasteiger partial charge in [0.1, 0.15) is 5.02 Å². The van der Waals surface area contributed by atoms with E-state index in [1.807, 2.05) is 13.0 Å². The number of hydrogen-bond donors (Lipinski definition) is 4. The predicted octanol–water partition coefficient (Wildman–Crippen LogP) is 4.80. The van der Waals surface area contributed by atoms with Gasteiger partial charge < -0.3 is 16.0 Å². The fourth-order valence-electron chi connectivity index (χ4n) is 4.49. The summed E-state index contributed by atoms with van der Waals surface area (Å²) in [4.78, 5) is 8.92. The molecule has 160 valence electrons. The second-order valence-corrected chi connectivity index (χ2v) is 9.09. The lowest BCUT2D eigenvalue weighted by Crippen LogP contribution is -2.43. The van der Waals surface area contributed by atoms with Crippen molar-refractivity contribution in [2.24, 2.45) is 17.3 Å². The molecular formula is C22H30ClN7. The number of piperidine rings is 1. The molecule has 0 radical (unpaired) electrons. The van der Waals surface area contributed by atoms with Crippen LogP contribution >= 0.6 is 11.6 Å². The summed E-state index contributed by atoms with van der Waals surface area (Å²) in [7, 11) is 0. The van der Waals surface area contributed by atoms with Gasteiger partial charge in [0.15, 0.2) is 11.6 Å². The Morgan fingerprint density at radius 3 is 2.80 bits per heavy atom. The zero-order chi connectivity index (χ0) is 21.3. The van der Waals surface area contributed by atoms with Gasteiger partial charge in [-0.2, -0.15) is 10.1 Å². The van der Waals surface area contributed by atoms with E-state index < -0.39 is 0 Å². The Morgan fingerprint density at radius 2 is 2.10 bits per heavy atom. The molecule has 2 aromatic heterocycles. The van der Waals surface area contributed by atoms with Gasteiger partial charge in [-0.05, 0) is 62.6 Å². The molecule has 7 nitrogen and oxygen atoms in total. The maximum atomic E-state index is 6.29. The van der Waals surface area contributed by atoms with E-state index in [1.165, 1.54) is 18.4 Å². The van der Waals surface area contributed by atoms with E-state index in [9.17, 15) is 0 Å². The summed E-state index contributed by atoms with van der Waals surface area (Å²) in [6, 6.07) is 1.89. The molecule has 0 amide bonds. The molecule has 1 aliphatic heterocycles. The van der Waals surface area contributed by atoms with Crippen LogP contribution in [0, 0.1) is 24.2 Å². The van der Waals surface area contributed by atoms with E-state index in [-0.39, 0.29) is 5.41 Å². The largest absolute Gasteiger partial charge is 0.324 e. The van der Waals surface area contributed by atoms with Crippen LogP contribution in [0.4, 0.5) is 17.6 Å². The Balaban J connectivity index is 1.52. The number of allylic oxidation sites excluding steroid dienone is 3. The summed E-state index contributed by atoms with van der Waals surface area (Å²) in [6.07, 6.45) is 8.86. The van der Waals surface area contributed by atoms with Gasteiger partial charge in [0.05, 0.1) is 6.20 Å². The van der Waals surface area contributed by atoms with E-state index >= 15 is 0 Å². The van der Waals surface area contributed by atoms with E-state index in [4.69, 9.17) is 11.6 Å². The first-order valence-corrected chi connectivity index (χ1v) is 10.9. The summed E-state index contributed by atoms with van der Waals surface area (Å²) >= 11 is 6.29. The molecule has 8 heteroatoms. The minimum atomic E-state index is 0.147. The molecule has 4 N–H and O–H groups in total. The van der Waals surface area contributed by atoms with E-state index in [2.05, 4.69) is 69.0 Å². The zero-order valence-electron chi connectivity index (χ0n) is 18.0. The van der Waals surface area contributed by atoms with Crippen molar-refractivity contribution in [2.45, 2.75) is 40.5 Å². The molecule has 0 aromatic carbocycles. The minimum Gasteiger partial charge on any atom is -0.324 e. The van der Waals surface area contributed by atoms with Crippen LogP contribution in [-0.2, 0) is 0 Å². The number of aromatic amines is 1. The normalized spacial score (nSPS) is 26.7. The van der Waals surface area contributed by atoms with Gasteiger partial charge in [0.25, 0.3) is 0 Å². The summed E-state index contributed by atoms with van der Waals surface area (Å²) in [5, 5.41) is 17.6. The first kappa shape index (κ1) is 20.9. The molecule has 2 aromatic rings. The summed E-state index contributed by atoms with van der Waals surface area (Å²) in [5.41, 5.74) is 3.37. The predicted molar refractivity (Wildman–Crippen MR) is 122 cm³/mol. The van der Waals surface area contributed by atoms with Crippen molar-refractivity contribution in [1.29, 1.82) is 0 Å². The first-order chi connectivity index (χ1) is 14.3. The van der Waals surface area contributed by atoms with Crippen molar-refractivity contribution in [1.82, 2.24) is 25.5 Å². The molecule has 1 saturated heterocycles. The number of halogens is 1. The van der Waals surface area contributed by atoms with Crippen LogP contribution in [0.3, 0.4) is 0 Å². The zero-order valence-corrected chi connectivity index (χ0v) is 18.8.